The predicted molar refractivity (Wildman–Crippen MR) is 96.2 cm³/mol. The number of halogens is 1. The van der Waals surface area contributed by atoms with Crippen LogP contribution in [0.3, 0.4) is 0 Å². The highest BCUT2D eigenvalue weighted by atomic mass is 35.5. The van der Waals surface area contributed by atoms with E-state index < -0.39 is 0 Å². The number of aromatic nitrogens is 1. The van der Waals surface area contributed by atoms with Gasteiger partial charge in [-0.25, -0.2) is 4.98 Å². The van der Waals surface area contributed by atoms with E-state index in [1.165, 1.54) is 0 Å². The number of pyridine rings is 1. The number of nitrogens with one attached hydrogen (secondary N) is 2. The minimum Gasteiger partial charge on any atom is -0.358 e. The largest absolute Gasteiger partial charge is 0.358 e. The Morgan fingerprint density at radius 2 is 1.77 bits per heavy atom. The van der Waals surface area contributed by atoms with Crippen molar-refractivity contribution < 1.29 is 0 Å². The van der Waals surface area contributed by atoms with E-state index in [1.807, 2.05) is 24.3 Å². The van der Waals surface area contributed by atoms with Gasteiger partial charge in [0.1, 0.15) is 5.15 Å². The molecule has 0 aliphatic carbocycles. The summed E-state index contributed by atoms with van der Waals surface area (Å²) in [4.78, 5) is 4.17. The summed E-state index contributed by atoms with van der Waals surface area (Å²) in [5.41, 5.74) is 2.03. The third-order valence-electron chi connectivity index (χ3n) is 2.98. The van der Waals surface area contributed by atoms with Crippen molar-refractivity contribution in [3.05, 3.63) is 64.9 Å². The molecule has 0 aliphatic rings. The van der Waals surface area contributed by atoms with E-state index >= 15 is 0 Å². The van der Waals surface area contributed by atoms with Gasteiger partial charge in [0.15, 0.2) is 5.11 Å². The Kier molecular flexibility index (Phi) is 5.37. The van der Waals surface area contributed by atoms with Crippen LogP contribution in [0.15, 0.2) is 48.7 Å². The summed E-state index contributed by atoms with van der Waals surface area (Å²) in [5.74, 6) is 0. The molecular formula is C17H20ClN3S. The highest BCUT2D eigenvalue weighted by Crippen LogP contribution is 2.22. The molecule has 0 aliphatic heterocycles. The van der Waals surface area contributed by atoms with Gasteiger partial charge in [0.25, 0.3) is 0 Å². The summed E-state index contributed by atoms with van der Waals surface area (Å²) in [6.45, 7) is 6.22. The van der Waals surface area contributed by atoms with Crippen LogP contribution in [-0.4, -0.2) is 15.6 Å². The molecule has 1 aromatic carbocycles. The van der Waals surface area contributed by atoms with Gasteiger partial charge < -0.3 is 10.6 Å². The molecule has 0 spiro atoms. The summed E-state index contributed by atoms with van der Waals surface area (Å²) in [7, 11) is 0. The zero-order valence-electron chi connectivity index (χ0n) is 12.9. The fraction of sp³-hybridized carbons (Fsp3) is 0.294. The van der Waals surface area contributed by atoms with Gasteiger partial charge in [-0.2, -0.15) is 0 Å². The zero-order chi connectivity index (χ0) is 16.2. The van der Waals surface area contributed by atoms with Gasteiger partial charge in [0.2, 0.25) is 0 Å². The van der Waals surface area contributed by atoms with E-state index in [2.05, 4.69) is 48.5 Å². The Morgan fingerprint density at radius 1 is 1.09 bits per heavy atom. The average Bonchev–Trinajstić information content (AvgIpc) is 2.45. The standard InChI is InChI=1S/C17H20ClN3S/c1-17(2,3)21-16(22)20-15(12-7-5-4-6-8-12)13-9-10-14(18)19-11-13/h4-11,15H,1-3H3,(H2,20,21,22). The van der Waals surface area contributed by atoms with Gasteiger partial charge in [-0.05, 0) is 50.2 Å². The lowest BCUT2D eigenvalue weighted by molar-refractivity contribution is 0.503. The van der Waals surface area contributed by atoms with E-state index in [9.17, 15) is 0 Å². The Hall–Kier alpha value is -1.65. The van der Waals surface area contributed by atoms with Gasteiger partial charge in [0.05, 0.1) is 6.04 Å². The van der Waals surface area contributed by atoms with Gasteiger partial charge in [0, 0.05) is 11.7 Å². The first kappa shape index (κ1) is 16.7. The fourth-order valence-electron chi connectivity index (χ4n) is 2.07. The maximum Gasteiger partial charge on any atom is 0.167 e. The minimum absolute atomic E-state index is 0.0756. The van der Waals surface area contributed by atoms with Gasteiger partial charge >= 0.3 is 0 Å². The molecule has 116 valence electrons. The minimum atomic E-state index is -0.0937. The van der Waals surface area contributed by atoms with E-state index in [4.69, 9.17) is 23.8 Å². The lowest BCUT2D eigenvalue weighted by Gasteiger charge is -2.27. The summed E-state index contributed by atoms with van der Waals surface area (Å²) >= 11 is 11.3. The first-order chi connectivity index (χ1) is 10.3. The summed E-state index contributed by atoms with van der Waals surface area (Å²) < 4.78 is 0. The lowest BCUT2D eigenvalue weighted by atomic mass is 10.0. The molecule has 0 saturated carbocycles. The van der Waals surface area contributed by atoms with Crippen molar-refractivity contribution in [3.8, 4) is 0 Å². The van der Waals surface area contributed by atoms with E-state index in [-0.39, 0.29) is 11.6 Å². The zero-order valence-corrected chi connectivity index (χ0v) is 14.5. The van der Waals surface area contributed by atoms with E-state index in [0.29, 0.717) is 10.3 Å². The summed E-state index contributed by atoms with van der Waals surface area (Å²) in [6.07, 6.45) is 1.77. The number of thiocarbonyl (C=S) groups is 1. The van der Waals surface area contributed by atoms with Crippen molar-refractivity contribution in [1.82, 2.24) is 15.6 Å². The first-order valence-corrected chi connectivity index (χ1v) is 7.89. The third-order valence-corrected chi connectivity index (χ3v) is 3.42. The summed E-state index contributed by atoms with van der Waals surface area (Å²) in [6, 6.07) is 13.8. The lowest BCUT2D eigenvalue weighted by Crippen LogP contribution is -2.47. The Balaban J connectivity index is 2.26. The number of benzene rings is 1. The highest BCUT2D eigenvalue weighted by molar-refractivity contribution is 7.80. The normalized spacial score (nSPS) is 12.5. The molecule has 5 heteroatoms. The second kappa shape index (κ2) is 7.07. The Labute approximate surface area is 142 Å². The van der Waals surface area contributed by atoms with Crippen molar-refractivity contribution in [2.24, 2.45) is 0 Å². The molecule has 0 bridgehead atoms. The molecule has 2 rings (SSSR count). The van der Waals surface area contributed by atoms with E-state index in [0.717, 1.165) is 11.1 Å². The summed E-state index contributed by atoms with van der Waals surface area (Å²) in [5, 5.41) is 7.72. The van der Waals surface area contributed by atoms with Gasteiger partial charge in [-0.3, -0.25) is 0 Å². The molecule has 1 unspecified atom stereocenters. The quantitative estimate of drug-likeness (QED) is 0.655. The van der Waals surface area contributed by atoms with Crippen LogP contribution >= 0.6 is 23.8 Å². The molecule has 2 N–H and O–H groups in total. The fourth-order valence-corrected chi connectivity index (χ4v) is 2.61. The van der Waals surface area contributed by atoms with Crippen LogP contribution in [0.1, 0.15) is 37.9 Å². The predicted octanol–water partition coefficient (Wildman–Crippen LogP) is 4.09. The first-order valence-electron chi connectivity index (χ1n) is 7.10. The number of hydrogen-bond acceptors (Lipinski definition) is 2. The maximum atomic E-state index is 5.89. The van der Waals surface area contributed by atoms with Crippen LogP contribution in [-0.2, 0) is 0 Å². The Morgan fingerprint density at radius 3 is 2.32 bits per heavy atom. The van der Waals surface area contributed by atoms with Gasteiger partial charge in [-0.1, -0.05) is 48.0 Å². The molecule has 2 aromatic rings. The van der Waals surface area contributed by atoms with Crippen LogP contribution in [0.5, 0.6) is 0 Å². The van der Waals surface area contributed by atoms with Crippen LogP contribution in [0.4, 0.5) is 0 Å². The number of nitrogens with zero attached hydrogens (tertiary/aromatic N) is 1. The van der Waals surface area contributed by atoms with Crippen molar-refractivity contribution in [3.63, 3.8) is 0 Å². The second-order valence-corrected chi connectivity index (χ2v) is 6.90. The third kappa shape index (κ3) is 4.97. The molecule has 22 heavy (non-hydrogen) atoms. The SMILES string of the molecule is CC(C)(C)NC(=S)NC(c1ccccc1)c1ccc(Cl)nc1. The smallest absolute Gasteiger partial charge is 0.167 e. The second-order valence-electron chi connectivity index (χ2n) is 6.11. The number of hydrogen-bond donors (Lipinski definition) is 2. The Bertz CT molecular complexity index is 621. The van der Waals surface area contributed by atoms with Crippen molar-refractivity contribution in [2.45, 2.75) is 32.4 Å². The molecule has 3 nitrogen and oxygen atoms in total. The molecule has 0 fully saturated rings. The molecular weight excluding hydrogens is 314 g/mol. The number of rotatable bonds is 3. The monoisotopic (exact) mass is 333 g/mol. The van der Waals surface area contributed by atoms with E-state index in [1.54, 1.807) is 12.3 Å². The van der Waals surface area contributed by atoms with Gasteiger partial charge in [-0.15, -0.1) is 0 Å². The van der Waals surface area contributed by atoms with Crippen LogP contribution in [0.2, 0.25) is 5.15 Å². The molecule has 1 heterocycles. The molecule has 0 saturated heterocycles. The molecule has 0 amide bonds. The molecule has 1 aromatic heterocycles. The van der Waals surface area contributed by atoms with Crippen LogP contribution < -0.4 is 10.6 Å². The van der Waals surface area contributed by atoms with Crippen molar-refractivity contribution in [2.75, 3.05) is 0 Å². The van der Waals surface area contributed by atoms with Crippen molar-refractivity contribution in [1.29, 1.82) is 0 Å². The van der Waals surface area contributed by atoms with Crippen LogP contribution in [0.25, 0.3) is 0 Å². The molecule has 1 atom stereocenters. The topological polar surface area (TPSA) is 37.0 Å². The van der Waals surface area contributed by atoms with Crippen molar-refractivity contribution >= 4 is 28.9 Å². The maximum absolute atomic E-state index is 5.89. The van der Waals surface area contributed by atoms with Crippen LogP contribution in [0, 0.1) is 0 Å². The highest BCUT2D eigenvalue weighted by Gasteiger charge is 2.18. The molecule has 0 radical (unpaired) electrons. The average molecular weight is 334 g/mol.